The molecule has 0 spiro atoms. The van der Waals surface area contributed by atoms with E-state index in [1.807, 2.05) is 18.2 Å². The zero-order chi connectivity index (χ0) is 14.8. The van der Waals surface area contributed by atoms with E-state index in [9.17, 15) is 13.6 Å². The monoisotopic (exact) mass is 286 g/mol. The van der Waals surface area contributed by atoms with Crippen molar-refractivity contribution in [1.82, 2.24) is 0 Å². The molecule has 0 heterocycles. The number of aryl methyl sites for hydroxylation is 1. The SMILES string of the molecule is O=C(Cc1cccc(F)c1F)C1CCc2ccccc2C1. The van der Waals surface area contributed by atoms with Crippen LogP contribution in [0.15, 0.2) is 42.5 Å². The Morgan fingerprint density at radius 1 is 1.05 bits per heavy atom. The number of ketones is 1. The largest absolute Gasteiger partial charge is 0.299 e. The average molecular weight is 286 g/mol. The molecular weight excluding hydrogens is 270 g/mol. The molecule has 1 unspecified atom stereocenters. The molecule has 0 aliphatic heterocycles. The molecule has 0 saturated carbocycles. The number of halogens is 2. The van der Waals surface area contributed by atoms with Gasteiger partial charge in [0.1, 0.15) is 5.78 Å². The lowest BCUT2D eigenvalue weighted by Crippen LogP contribution is -2.24. The number of hydrogen-bond acceptors (Lipinski definition) is 1. The lowest BCUT2D eigenvalue weighted by atomic mass is 9.80. The summed E-state index contributed by atoms with van der Waals surface area (Å²) in [6.07, 6.45) is 2.33. The summed E-state index contributed by atoms with van der Waals surface area (Å²) < 4.78 is 26.8. The van der Waals surface area contributed by atoms with Gasteiger partial charge in [-0.3, -0.25) is 4.79 Å². The van der Waals surface area contributed by atoms with E-state index in [4.69, 9.17) is 0 Å². The molecule has 0 amide bonds. The van der Waals surface area contributed by atoms with Crippen molar-refractivity contribution in [2.75, 3.05) is 0 Å². The lowest BCUT2D eigenvalue weighted by molar-refractivity contribution is -0.122. The van der Waals surface area contributed by atoms with Gasteiger partial charge in [-0.15, -0.1) is 0 Å². The fourth-order valence-corrected chi connectivity index (χ4v) is 2.99. The van der Waals surface area contributed by atoms with Crippen LogP contribution in [0.5, 0.6) is 0 Å². The second kappa shape index (κ2) is 5.76. The van der Waals surface area contributed by atoms with Crippen LogP contribution in [0.1, 0.15) is 23.1 Å². The van der Waals surface area contributed by atoms with Crippen LogP contribution in [0.3, 0.4) is 0 Å². The zero-order valence-corrected chi connectivity index (χ0v) is 11.6. The van der Waals surface area contributed by atoms with E-state index in [2.05, 4.69) is 6.07 Å². The average Bonchev–Trinajstić information content (AvgIpc) is 2.51. The Kier molecular flexibility index (Phi) is 3.82. The summed E-state index contributed by atoms with van der Waals surface area (Å²) in [5.74, 6) is -1.90. The summed E-state index contributed by atoms with van der Waals surface area (Å²) in [7, 11) is 0. The third kappa shape index (κ3) is 2.87. The summed E-state index contributed by atoms with van der Waals surface area (Å²) in [6.45, 7) is 0. The smallest absolute Gasteiger partial charge is 0.162 e. The van der Waals surface area contributed by atoms with Gasteiger partial charge in [0, 0.05) is 12.3 Å². The lowest BCUT2D eigenvalue weighted by Gasteiger charge is -2.23. The number of carbonyl (C=O) groups is 1. The quantitative estimate of drug-likeness (QED) is 0.837. The number of Topliss-reactive ketones (excluding diaryl/α,β-unsaturated/α-hetero) is 1. The van der Waals surface area contributed by atoms with E-state index in [1.165, 1.54) is 23.3 Å². The van der Waals surface area contributed by atoms with E-state index in [0.29, 0.717) is 6.42 Å². The van der Waals surface area contributed by atoms with Crippen LogP contribution in [-0.4, -0.2) is 5.78 Å². The first-order valence-corrected chi connectivity index (χ1v) is 7.17. The fourth-order valence-electron chi connectivity index (χ4n) is 2.99. The summed E-state index contributed by atoms with van der Waals surface area (Å²) in [5, 5.41) is 0. The van der Waals surface area contributed by atoms with Crippen LogP contribution in [0, 0.1) is 17.6 Å². The van der Waals surface area contributed by atoms with Gasteiger partial charge < -0.3 is 0 Å². The first-order valence-electron chi connectivity index (χ1n) is 7.17. The van der Waals surface area contributed by atoms with Crippen molar-refractivity contribution in [3.05, 3.63) is 70.8 Å². The van der Waals surface area contributed by atoms with Crippen molar-refractivity contribution < 1.29 is 13.6 Å². The third-order valence-corrected chi connectivity index (χ3v) is 4.20. The highest BCUT2D eigenvalue weighted by atomic mass is 19.2. The summed E-state index contributed by atoms with van der Waals surface area (Å²) in [5.41, 5.74) is 2.64. The van der Waals surface area contributed by atoms with Crippen LogP contribution in [0.2, 0.25) is 0 Å². The second-order valence-corrected chi connectivity index (χ2v) is 5.56. The number of hydrogen-bond donors (Lipinski definition) is 0. The molecule has 1 nitrogen and oxygen atoms in total. The molecule has 3 rings (SSSR count). The molecule has 2 aromatic rings. The molecule has 1 aliphatic rings. The van der Waals surface area contributed by atoms with Crippen molar-refractivity contribution >= 4 is 5.78 Å². The first-order chi connectivity index (χ1) is 10.1. The summed E-state index contributed by atoms with van der Waals surface area (Å²) in [4.78, 5) is 12.4. The zero-order valence-electron chi connectivity index (χ0n) is 11.6. The third-order valence-electron chi connectivity index (χ3n) is 4.20. The predicted octanol–water partition coefficient (Wildman–Crippen LogP) is 3.88. The minimum atomic E-state index is -0.901. The van der Waals surface area contributed by atoms with Crippen molar-refractivity contribution in [1.29, 1.82) is 0 Å². The Hall–Kier alpha value is -2.03. The van der Waals surface area contributed by atoms with Gasteiger partial charge in [0.15, 0.2) is 11.6 Å². The Balaban J connectivity index is 1.74. The predicted molar refractivity (Wildman–Crippen MR) is 77.0 cm³/mol. The molecular formula is C18H16F2O. The van der Waals surface area contributed by atoms with Gasteiger partial charge in [0.05, 0.1) is 0 Å². The topological polar surface area (TPSA) is 17.1 Å². The number of benzene rings is 2. The molecule has 0 bridgehead atoms. The van der Waals surface area contributed by atoms with Crippen LogP contribution >= 0.6 is 0 Å². The molecule has 0 fully saturated rings. The highest BCUT2D eigenvalue weighted by molar-refractivity contribution is 5.84. The summed E-state index contributed by atoms with van der Waals surface area (Å²) in [6, 6.07) is 12.1. The number of fused-ring (bicyclic) bond motifs is 1. The van der Waals surface area contributed by atoms with Crippen molar-refractivity contribution in [2.45, 2.75) is 25.7 Å². The number of rotatable bonds is 3. The summed E-state index contributed by atoms with van der Waals surface area (Å²) >= 11 is 0. The Bertz CT molecular complexity index is 679. The normalized spacial score (nSPS) is 17.3. The molecule has 0 aromatic heterocycles. The van der Waals surface area contributed by atoms with Crippen LogP contribution in [-0.2, 0) is 24.1 Å². The molecule has 0 N–H and O–H groups in total. The van der Waals surface area contributed by atoms with Gasteiger partial charge in [0.2, 0.25) is 0 Å². The molecule has 21 heavy (non-hydrogen) atoms. The van der Waals surface area contributed by atoms with Crippen molar-refractivity contribution in [2.24, 2.45) is 5.92 Å². The Morgan fingerprint density at radius 2 is 1.81 bits per heavy atom. The Morgan fingerprint density at radius 3 is 2.62 bits per heavy atom. The minimum Gasteiger partial charge on any atom is -0.299 e. The maximum Gasteiger partial charge on any atom is 0.162 e. The number of carbonyl (C=O) groups excluding carboxylic acids is 1. The molecule has 3 heteroatoms. The Labute approximate surface area is 122 Å². The van der Waals surface area contributed by atoms with Gasteiger partial charge in [-0.05, 0) is 42.0 Å². The van der Waals surface area contributed by atoms with E-state index < -0.39 is 11.6 Å². The molecule has 1 aliphatic carbocycles. The van der Waals surface area contributed by atoms with E-state index in [0.717, 1.165) is 18.9 Å². The fraction of sp³-hybridized carbons (Fsp3) is 0.278. The van der Waals surface area contributed by atoms with Gasteiger partial charge in [-0.2, -0.15) is 0 Å². The van der Waals surface area contributed by atoms with Gasteiger partial charge in [-0.25, -0.2) is 8.78 Å². The molecule has 0 saturated heterocycles. The molecule has 1 atom stereocenters. The maximum atomic E-state index is 13.6. The maximum absolute atomic E-state index is 13.6. The molecule has 2 aromatic carbocycles. The van der Waals surface area contributed by atoms with Crippen molar-refractivity contribution in [3.63, 3.8) is 0 Å². The van der Waals surface area contributed by atoms with Gasteiger partial charge >= 0.3 is 0 Å². The molecule has 0 radical (unpaired) electrons. The van der Waals surface area contributed by atoms with Crippen molar-refractivity contribution in [3.8, 4) is 0 Å². The standard InChI is InChI=1S/C18H16F2O/c19-16-7-3-6-15(18(16)20)11-17(21)14-9-8-12-4-1-2-5-13(12)10-14/h1-7,14H,8-11H2. The minimum absolute atomic E-state index is 0.00555. The van der Waals surface area contributed by atoms with E-state index >= 15 is 0 Å². The van der Waals surface area contributed by atoms with Crippen LogP contribution in [0.4, 0.5) is 8.78 Å². The van der Waals surface area contributed by atoms with Crippen LogP contribution < -0.4 is 0 Å². The van der Waals surface area contributed by atoms with Gasteiger partial charge in [-0.1, -0.05) is 36.4 Å². The highest BCUT2D eigenvalue weighted by Gasteiger charge is 2.25. The second-order valence-electron chi connectivity index (χ2n) is 5.56. The first kappa shape index (κ1) is 13.9. The van der Waals surface area contributed by atoms with E-state index in [-0.39, 0.29) is 23.7 Å². The van der Waals surface area contributed by atoms with Crippen LogP contribution in [0.25, 0.3) is 0 Å². The van der Waals surface area contributed by atoms with Gasteiger partial charge in [0.25, 0.3) is 0 Å². The molecule has 108 valence electrons. The highest BCUT2D eigenvalue weighted by Crippen LogP contribution is 2.27. The van der Waals surface area contributed by atoms with E-state index in [1.54, 1.807) is 0 Å².